The predicted octanol–water partition coefficient (Wildman–Crippen LogP) is 3.62. The van der Waals surface area contributed by atoms with Crippen LogP contribution < -0.4 is 10.1 Å². The van der Waals surface area contributed by atoms with Gasteiger partial charge in [-0.3, -0.25) is 9.48 Å². The van der Waals surface area contributed by atoms with Crippen LogP contribution in [0.25, 0.3) is 16.9 Å². The second kappa shape index (κ2) is 8.37. The van der Waals surface area contributed by atoms with E-state index in [1.54, 1.807) is 28.9 Å². The number of hydrogen-bond donors (Lipinski definition) is 1. The van der Waals surface area contributed by atoms with Gasteiger partial charge in [-0.05, 0) is 32.0 Å². The molecule has 0 aliphatic rings. The van der Waals surface area contributed by atoms with E-state index in [0.29, 0.717) is 11.3 Å². The highest BCUT2D eigenvalue weighted by Gasteiger charge is 2.23. The molecule has 4 aromatic rings. The van der Waals surface area contributed by atoms with Crippen LogP contribution >= 0.6 is 0 Å². The third kappa shape index (κ3) is 3.68. The summed E-state index contributed by atoms with van der Waals surface area (Å²) in [6, 6.07) is 8.22. The van der Waals surface area contributed by atoms with Crippen molar-refractivity contribution in [2.45, 2.75) is 26.8 Å². The summed E-state index contributed by atoms with van der Waals surface area (Å²) in [6.07, 6.45) is -1.57. The van der Waals surface area contributed by atoms with E-state index in [4.69, 9.17) is 4.74 Å². The van der Waals surface area contributed by atoms with E-state index in [1.165, 1.54) is 19.4 Å². The third-order valence-electron chi connectivity index (χ3n) is 5.44. The van der Waals surface area contributed by atoms with Gasteiger partial charge in [0.2, 0.25) is 0 Å². The van der Waals surface area contributed by atoms with Crippen molar-refractivity contribution in [3.8, 4) is 17.0 Å². The molecule has 3 aromatic heterocycles. The van der Waals surface area contributed by atoms with Crippen LogP contribution in [0.2, 0.25) is 0 Å². The van der Waals surface area contributed by atoms with Crippen LogP contribution in [0.4, 0.5) is 8.78 Å². The fourth-order valence-corrected chi connectivity index (χ4v) is 3.63. The summed E-state index contributed by atoms with van der Waals surface area (Å²) < 4.78 is 35.7. The number of rotatable bonds is 6. The van der Waals surface area contributed by atoms with Gasteiger partial charge < -0.3 is 10.1 Å². The Morgan fingerprint density at radius 1 is 1.25 bits per heavy atom. The number of nitrogens with one attached hydrogen (secondary N) is 1. The minimum atomic E-state index is -2.81. The van der Waals surface area contributed by atoms with Crippen LogP contribution in [-0.4, -0.2) is 37.4 Å². The van der Waals surface area contributed by atoms with Crippen molar-refractivity contribution in [2.24, 2.45) is 7.05 Å². The Balaban J connectivity index is 1.75. The lowest BCUT2D eigenvalue weighted by atomic mass is 10.1. The molecule has 0 fully saturated rings. The van der Waals surface area contributed by atoms with Crippen molar-refractivity contribution in [1.29, 1.82) is 0 Å². The molecular formula is C22H22F2N6O2. The van der Waals surface area contributed by atoms with Crippen LogP contribution in [0.1, 0.15) is 39.4 Å². The van der Waals surface area contributed by atoms with Crippen LogP contribution in [0.15, 0.2) is 36.5 Å². The van der Waals surface area contributed by atoms with Gasteiger partial charge in [-0.1, -0.05) is 12.1 Å². The maximum Gasteiger partial charge on any atom is 0.280 e. The molecule has 0 saturated carbocycles. The number of fused-ring (bicyclic) bond motifs is 1. The number of alkyl halides is 2. The first kappa shape index (κ1) is 21.4. The molecule has 4 rings (SSSR count). The van der Waals surface area contributed by atoms with Gasteiger partial charge in [0.15, 0.2) is 5.65 Å². The molecule has 0 atom stereocenters. The van der Waals surface area contributed by atoms with Gasteiger partial charge in [-0.25, -0.2) is 18.3 Å². The molecule has 10 heteroatoms. The number of aromatic nitrogens is 5. The van der Waals surface area contributed by atoms with E-state index in [1.807, 2.05) is 20.9 Å². The van der Waals surface area contributed by atoms with E-state index < -0.39 is 12.3 Å². The number of benzene rings is 1. The first-order chi connectivity index (χ1) is 15.3. The average Bonchev–Trinajstić information content (AvgIpc) is 3.31. The molecule has 8 nitrogen and oxygen atoms in total. The highest BCUT2D eigenvalue weighted by Crippen LogP contribution is 2.32. The van der Waals surface area contributed by atoms with Gasteiger partial charge in [-0.2, -0.15) is 10.2 Å². The highest BCUT2D eigenvalue weighted by molar-refractivity contribution is 6.00. The Morgan fingerprint density at radius 3 is 2.66 bits per heavy atom. The molecule has 0 bridgehead atoms. The highest BCUT2D eigenvalue weighted by atomic mass is 19.3. The van der Waals surface area contributed by atoms with Gasteiger partial charge in [0.05, 0.1) is 24.7 Å². The van der Waals surface area contributed by atoms with Gasteiger partial charge in [0, 0.05) is 30.4 Å². The zero-order valence-corrected chi connectivity index (χ0v) is 18.1. The fraction of sp³-hybridized carbons (Fsp3) is 0.273. The maximum absolute atomic E-state index is 13.8. The Bertz CT molecular complexity index is 1310. The lowest BCUT2D eigenvalue weighted by Gasteiger charge is -2.11. The van der Waals surface area contributed by atoms with Crippen molar-refractivity contribution in [3.63, 3.8) is 0 Å². The summed E-state index contributed by atoms with van der Waals surface area (Å²) in [5.41, 5.74) is 3.21. The first-order valence-corrected chi connectivity index (χ1v) is 9.89. The second-order valence-electron chi connectivity index (χ2n) is 7.32. The minimum Gasteiger partial charge on any atom is -0.496 e. The van der Waals surface area contributed by atoms with Crippen molar-refractivity contribution in [1.82, 2.24) is 29.7 Å². The molecule has 32 heavy (non-hydrogen) atoms. The number of carbonyl (C=O) groups is 1. The van der Waals surface area contributed by atoms with Gasteiger partial charge in [-0.15, -0.1) is 0 Å². The molecule has 0 aliphatic carbocycles. The number of para-hydroxylation sites is 1. The summed E-state index contributed by atoms with van der Waals surface area (Å²) in [4.78, 5) is 17.4. The zero-order valence-electron chi connectivity index (χ0n) is 18.1. The topological polar surface area (TPSA) is 86.3 Å². The summed E-state index contributed by atoms with van der Waals surface area (Å²) in [6.45, 7) is 4.02. The smallest absolute Gasteiger partial charge is 0.280 e. The third-order valence-corrected chi connectivity index (χ3v) is 5.44. The lowest BCUT2D eigenvalue weighted by Crippen LogP contribution is -2.23. The van der Waals surface area contributed by atoms with Gasteiger partial charge >= 0.3 is 0 Å². The standard InChI is InChI=1S/C22H22F2N6O2/c1-12-15(13(2)29(3)28-12)10-25-22(31)16-11-26-30-18(20(23)24)9-17(27-21(16)30)14-7-5-6-8-19(14)32-4/h5-9,11,20H,10H2,1-4H3,(H,25,31). The SMILES string of the molecule is COc1ccccc1-c1cc(C(F)F)n2ncc(C(=O)NCc3c(C)nn(C)c3C)c2n1. The van der Waals surface area contributed by atoms with E-state index in [0.717, 1.165) is 21.5 Å². The molecule has 0 spiro atoms. The Labute approximate surface area is 182 Å². The lowest BCUT2D eigenvalue weighted by molar-refractivity contribution is 0.0952. The normalized spacial score (nSPS) is 11.3. The summed E-state index contributed by atoms with van der Waals surface area (Å²) in [7, 11) is 3.32. The van der Waals surface area contributed by atoms with Crippen LogP contribution in [0.5, 0.6) is 5.75 Å². The molecule has 3 heterocycles. The largest absolute Gasteiger partial charge is 0.496 e. The number of hydrogen-bond acceptors (Lipinski definition) is 5. The number of aryl methyl sites for hydroxylation is 2. The molecular weight excluding hydrogens is 418 g/mol. The van der Waals surface area contributed by atoms with Gasteiger partial charge in [0.1, 0.15) is 17.0 Å². The maximum atomic E-state index is 13.8. The van der Waals surface area contributed by atoms with E-state index in [2.05, 4.69) is 20.5 Å². The zero-order chi connectivity index (χ0) is 23.0. The number of halogens is 2. The van der Waals surface area contributed by atoms with Gasteiger partial charge in [0.25, 0.3) is 12.3 Å². The quantitative estimate of drug-likeness (QED) is 0.495. The Hall–Kier alpha value is -3.82. The number of amides is 1. The van der Waals surface area contributed by atoms with E-state index in [9.17, 15) is 13.6 Å². The molecule has 1 amide bonds. The van der Waals surface area contributed by atoms with E-state index >= 15 is 0 Å². The average molecular weight is 440 g/mol. The van der Waals surface area contributed by atoms with Crippen molar-refractivity contribution in [3.05, 3.63) is 64.7 Å². The second-order valence-corrected chi connectivity index (χ2v) is 7.32. The molecule has 0 radical (unpaired) electrons. The van der Waals surface area contributed by atoms with Crippen LogP contribution in [0, 0.1) is 13.8 Å². The van der Waals surface area contributed by atoms with E-state index in [-0.39, 0.29) is 29.1 Å². The molecule has 0 unspecified atom stereocenters. The molecule has 0 aliphatic heterocycles. The van der Waals surface area contributed by atoms with Crippen LogP contribution in [-0.2, 0) is 13.6 Å². The summed E-state index contributed by atoms with van der Waals surface area (Å²) >= 11 is 0. The molecule has 0 saturated heterocycles. The van der Waals surface area contributed by atoms with Crippen LogP contribution in [0.3, 0.4) is 0 Å². The first-order valence-electron chi connectivity index (χ1n) is 9.89. The predicted molar refractivity (Wildman–Crippen MR) is 114 cm³/mol. The molecule has 166 valence electrons. The monoisotopic (exact) mass is 440 g/mol. The number of ether oxygens (including phenoxy) is 1. The van der Waals surface area contributed by atoms with Crippen molar-refractivity contribution >= 4 is 11.6 Å². The van der Waals surface area contributed by atoms with Crippen molar-refractivity contribution < 1.29 is 18.3 Å². The minimum absolute atomic E-state index is 0.0424. The number of methoxy groups -OCH3 is 1. The number of nitrogens with zero attached hydrogens (tertiary/aromatic N) is 5. The fourth-order valence-electron chi connectivity index (χ4n) is 3.63. The summed E-state index contributed by atoms with van der Waals surface area (Å²) in [5, 5.41) is 11.2. The van der Waals surface area contributed by atoms with Crippen molar-refractivity contribution in [2.75, 3.05) is 7.11 Å². The molecule has 1 N–H and O–H groups in total. The number of carbonyl (C=O) groups excluding carboxylic acids is 1. The summed E-state index contributed by atoms with van der Waals surface area (Å²) in [5.74, 6) is 0.0187. The Morgan fingerprint density at radius 2 is 2.00 bits per heavy atom. The molecule has 1 aromatic carbocycles. The Kier molecular flexibility index (Phi) is 5.60.